The van der Waals surface area contributed by atoms with Gasteiger partial charge < -0.3 is 29.4 Å². The molecule has 1 saturated heterocycles. The summed E-state index contributed by atoms with van der Waals surface area (Å²) in [6, 6.07) is 6.64. The van der Waals surface area contributed by atoms with E-state index in [1.807, 2.05) is 13.8 Å². The molecule has 1 fully saturated rings. The molecule has 1 heterocycles. The standard InChI is InChI=1S/C18H26N2O6S.ClH/c1-18(2)25-11-15(26-18)10-24-9-13(21)8-19-17(27)20-16(22)12-4-6-14(23-3)7-5-12;/h4-7,13,15,21H,8-11H2,1-3H3,(H2,19,20,22,27);1H. The molecule has 0 saturated carbocycles. The van der Waals surface area contributed by atoms with E-state index >= 15 is 0 Å². The van der Waals surface area contributed by atoms with Gasteiger partial charge in [0.15, 0.2) is 10.9 Å². The van der Waals surface area contributed by atoms with Crippen molar-refractivity contribution in [3.05, 3.63) is 29.8 Å². The van der Waals surface area contributed by atoms with Crippen LogP contribution in [0.3, 0.4) is 0 Å². The van der Waals surface area contributed by atoms with E-state index in [2.05, 4.69) is 10.6 Å². The second kappa shape index (κ2) is 11.5. The molecule has 0 bridgehead atoms. The number of hydrogen-bond acceptors (Lipinski definition) is 7. The summed E-state index contributed by atoms with van der Waals surface area (Å²) in [4.78, 5) is 12.1. The summed E-state index contributed by atoms with van der Waals surface area (Å²) in [5.74, 6) is -0.280. The van der Waals surface area contributed by atoms with E-state index in [4.69, 9.17) is 31.2 Å². The van der Waals surface area contributed by atoms with Crippen LogP contribution in [0.2, 0.25) is 0 Å². The maximum Gasteiger partial charge on any atom is 0.257 e. The first-order valence-electron chi connectivity index (χ1n) is 8.60. The summed E-state index contributed by atoms with van der Waals surface area (Å²) >= 11 is 5.07. The number of nitrogens with one attached hydrogen (secondary N) is 2. The molecule has 0 spiro atoms. The topological polar surface area (TPSA) is 98.3 Å². The molecule has 3 N–H and O–H groups in total. The van der Waals surface area contributed by atoms with E-state index < -0.39 is 11.9 Å². The fourth-order valence-corrected chi connectivity index (χ4v) is 2.59. The molecule has 0 aliphatic carbocycles. The van der Waals surface area contributed by atoms with Gasteiger partial charge in [-0.25, -0.2) is 0 Å². The van der Waals surface area contributed by atoms with Gasteiger partial charge in [0.25, 0.3) is 5.91 Å². The molecule has 28 heavy (non-hydrogen) atoms. The number of aliphatic hydroxyl groups excluding tert-OH is 1. The predicted molar refractivity (Wildman–Crippen MR) is 110 cm³/mol. The zero-order valence-electron chi connectivity index (χ0n) is 16.1. The van der Waals surface area contributed by atoms with Crippen molar-refractivity contribution in [3.8, 4) is 5.75 Å². The van der Waals surface area contributed by atoms with Gasteiger partial charge in [0.05, 0.1) is 33.0 Å². The molecular weight excluding hydrogens is 408 g/mol. The van der Waals surface area contributed by atoms with Crippen molar-refractivity contribution in [2.24, 2.45) is 0 Å². The number of benzene rings is 1. The number of thiocarbonyl (C=S) groups is 1. The van der Waals surface area contributed by atoms with Crippen LogP contribution >= 0.6 is 24.6 Å². The minimum absolute atomic E-state index is 0. The van der Waals surface area contributed by atoms with Gasteiger partial charge in [0, 0.05) is 12.1 Å². The molecule has 2 atom stereocenters. The molecule has 2 rings (SSSR count). The lowest BCUT2D eigenvalue weighted by Gasteiger charge is -2.18. The highest BCUT2D eigenvalue weighted by molar-refractivity contribution is 7.80. The van der Waals surface area contributed by atoms with E-state index in [1.54, 1.807) is 31.4 Å². The summed E-state index contributed by atoms with van der Waals surface area (Å²) in [7, 11) is 1.55. The second-order valence-electron chi connectivity index (χ2n) is 6.53. The Kier molecular flexibility index (Phi) is 10.1. The highest BCUT2D eigenvalue weighted by atomic mass is 35.5. The Balaban J connectivity index is 0.00000392. The van der Waals surface area contributed by atoms with E-state index in [0.29, 0.717) is 24.5 Å². The number of amides is 1. The first-order valence-corrected chi connectivity index (χ1v) is 9.00. The van der Waals surface area contributed by atoms with E-state index in [9.17, 15) is 9.90 Å². The number of carbonyl (C=O) groups is 1. The summed E-state index contributed by atoms with van der Waals surface area (Å²) < 4.78 is 21.5. The highest BCUT2D eigenvalue weighted by Crippen LogP contribution is 2.22. The quantitative estimate of drug-likeness (QED) is 0.526. The van der Waals surface area contributed by atoms with Crippen LogP contribution in [-0.4, -0.2) is 67.6 Å². The lowest BCUT2D eigenvalue weighted by Crippen LogP contribution is -2.43. The monoisotopic (exact) mass is 434 g/mol. The van der Waals surface area contributed by atoms with Gasteiger partial charge in [-0.2, -0.15) is 0 Å². The van der Waals surface area contributed by atoms with E-state index in [1.165, 1.54) is 0 Å². The van der Waals surface area contributed by atoms with Crippen LogP contribution in [0, 0.1) is 0 Å². The third kappa shape index (κ3) is 8.26. The van der Waals surface area contributed by atoms with Crippen LogP contribution in [-0.2, 0) is 14.2 Å². The molecule has 10 heteroatoms. The minimum atomic E-state index is -0.781. The molecule has 158 valence electrons. The van der Waals surface area contributed by atoms with Crippen LogP contribution < -0.4 is 15.4 Å². The van der Waals surface area contributed by atoms with Gasteiger partial charge in [0.1, 0.15) is 11.9 Å². The lowest BCUT2D eigenvalue weighted by molar-refractivity contribution is -0.146. The largest absolute Gasteiger partial charge is 0.497 e. The van der Waals surface area contributed by atoms with Crippen molar-refractivity contribution >= 4 is 35.6 Å². The fourth-order valence-electron chi connectivity index (χ4n) is 2.41. The number of hydrogen-bond donors (Lipinski definition) is 3. The lowest BCUT2D eigenvalue weighted by atomic mass is 10.2. The molecule has 1 aromatic rings. The molecule has 0 aromatic heterocycles. The van der Waals surface area contributed by atoms with Crippen molar-refractivity contribution in [2.45, 2.75) is 31.8 Å². The van der Waals surface area contributed by atoms with Crippen molar-refractivity contribution in [1.29, 1.82) is 0 Å². The number of ether oxygens (including phenoxy) is 4. The summed E-state index contributed by atoms with van der Waals surface area (Å²) in [6.45, 7) is 4.74. The van der Waals surface area contributed by atoms with Gasteiger partial charge in [0.2, 0.25) is 0 Å². The van der Waals surface area contributed by atoms with Gasteiger partial charge in [-0.3, -0.25) is 10.1 Å². The van der Waals surface area contributed by atoms with Crippen LogP contribution in [0.25, 0.3) is 0 Å². The Labute approximate surface area is 176 Å². The Hall–Kier alpha value is -1.49. The molecule has 1 aromatic carbocycles. The molecule has 1 amide bonds. The molecule has 2 unspecified atom stereocenters. The third-order valence-electron chi connectivity index (χ3n) is 3.76. The number of carbonyl (C=O) groups excluding carboxylic acids is 1. The minimum Gasteiger partial charge on any atom is -0.497 e. The van der Waals surface area contributed by atoms with Gasteiger partial charge in [-0.05, 0) is 50.3 Å². The summed E-state index contributed by atoms with van der Waals surface area (Å²) in [6.07, 6.45) is -0.929. The van der Waals surface area contributed by atoms with Crippen LogP contribution in [0.1, 0.15) is 24.2 Å². The fraction of sp³-hybridized carbons (Fsp3) is 0.556. The number of methoxy groups -OCH3 is 1. The third-order valence-corrected chi connectivity index (χ3v) is 4.01. The van der Waals surface area contributed by atoms with Crippen LogP contribution in [0.5, 0.6) is 5.75 Å². The number of aliphatic hydroxyl groups is 1. The Morgan fingerprint density at radius 1 is 1.39 bits per heavy atom. The number of rotatable bonds is 8. The average molecular weight is 435 g/mol. The Morgan fingerprint density at radius 3 is 2.64 bits per heavy atom. The Bertz CT molecular complexity index is 643. The molecule has 0 radical (unpaired) electrons. The highest BCUT2D eigenvalue weighted by Gasteiger charge is 2.32. The maximum atomic E-state index is 12.1. The van der Waals surface area contributed by atoms with Crippen molar-refractivity contribution in [2.75, 3.05) is 33.5 Å². The summed E-state index contributed by atoms with van der Waals surface area (Å²) in [5.41, 5.74) is 0.450. The smallest absolute Gasteiger partial charge is 0.257 e. The van der Waals surface area contributed by atoms with E-state index in [0.717, 1.165) is 0 Å². The first-order chi connectivity index (χ1) is 12.8. The molecule has 1 aliphatic rings. The van der Waals surface area contributed by atoms with E-state index in [-0.39, 0.29) is 42.7 Å². The van der Waals surface area contributed by atoms with Gasteiger partial charge >= 0.3 is 0 Å². The maximum absolute atomic E-state index is 12.1. The first kappa shape index (κ1) is 24.5. The van der Waals surface area contributed by atoms with Crippen molar-refractivity contribution in [3.63, 3.8) is 0 Å². The van der Waals surface area contributed by atoms with Gasteiger partial charge in [-0.15, -0.1) is 12.4 Å². The molecule has 8 nitrogen and oxygen atoms in total. The summed E-state index contributed by atoms with van der Waals surface area (Å²) in [5, 5.41) is 15.4. The van der Waals surface area contributed by atoms with Crippen LogP contribution in [0.15, 0.2) is 24.3 Å². The second-order valence-corrected chi connectivity index (χ2v) is 6.94. The average Bonchev–Trinajstić information content (AvgIpc) is 2.98. The predicted octanol–water partition coefficient (Wildman–Crippen LogP) is 1.25. The normalized spacial score (nSPS) is 18.6. The zero-order valence-corrected chi connectivity index (χ0v) is 17.7. The SMILES string of the molecule is COc1ccc(C(=O)NC(=S)NCC(O)COCC2COC(C)(C)O2)cc1.Cl. The Morgan fingerprint density at radius 2 is 2.07 bits per heavy atom. The van der Waals surface area contributed by atoms with Crippen LogP contribution in [0.4, 0.5) is 0 Å². The zero-order chi connectivity index (χ0) is 19.9. The molecule has 1 aliphatic heterocycles. The number of halogens is 1. The van der Waals surface area contributed by atoms with Crippen molar-refractivity contribution < 1.29 is 28.8 Å². The molecular formula is C18H27ClN2O6S. The van der Waals surface area contributed by atoms with Crippen molar-refractivity contribution in [1.82, 2.24) is 10.6 Å². The van der Waals surface area contributed by atoms with Gasteiger partial charge in [-0.1, -0.05) is 0 Å².